The van der Waals surface area contributed by atoms with Crippen molar-refractivity contribution in [3.05, 3.63) is 35.9 Å². The number of benzene rings is 1. The van der Waals surface area contributed by atoms with E-state index in [0.29, 0.717) is 18.4 Å². The van der Waals surface area contributed by atoms with Gasteiger partial charge in [0.25, 0.3) is 6.29 Å². The highest BCUT2D eigenvalue weighted by atomic mass is 16.7. The Morgan fingerprint density at radius 2 is 1.26 bits per heavy atom. The Hall–Kier alpha value is -1.84. The van der Waals surface area contributed by atoms with Crippen molar-refractivity contribution in [2.24, 2.45) is 10.8 Å². The van der Waals surface area contributed by atoms with Crippen LogP contribution < -0.4 is 0 Å². The van der Waals surface area contributed by atoms with Gasteiger partial charge in [0.15, 0.2) is 0 Å². The highest BCUT2D eigenvalue weighted by Gasteiger charge is 2.34. The van der Waals surface area contributed by atoms with Crippen molar-refractivity contribution in [1.82, 2.24) is 0 Å². The van der Waals surface area contributed by atoms with Crippen LogP contribution in [0.15, 0.2) is 30.3 Å². The molecule has 4 nitrogen and oxygen atoms in total. The first kappa shape index (κ1) is 19.2. The van der Waals surface area contributed by atoms with Gasteiger partial charge in [0.1, 0.15) is 0 Å². The SMILES string of the molecule is CCC(C)(C)C(=O)OC(OC(=O)C(C)(C)CC)c1ccccc1. The molecule has 0 spiro atoms. The zero-order valence-electron chi connectivity index (χ0n) is 15.0. The van der Waals surface area contributed by atoms with Crippen molar-refractivity contribution in [3.8, 4) is 0 Å². The molecule has 0 aliphatic rings. The summed E-state index contributed by atoms with van der Waals surface area (Å²) in [6.45, 7) is 11.1. The number of carbonyl (C=O) groups is 2. The van der Waals surface area contributed by atoms with Crippen LogP contribution in [0.2, 0.25) is 0 Å². The summed E-state index contributed by atoms with van der Waals surface area (Å²) in [5.41, 5.74) is -0.604. The first-order valence-corrected chi connectivity index (χ1v) is 8.11. The third-order valence-corrected chi connectivity index (χ3v) is 4.37. The maximum Gasteiger partial charge on any atom is 0.314 e. The summed E-state index contributed by atoms with van der Waals surface area (Å²) in [6.07, 6.45) is 0.261. The summed E-state index contributed by atoms with van der Waals surface area (Å²) in [5, 5.41) is 0. The van der Waals surface area contributed by atoms with E-state index in [0.717, 1.165) is 0 Å². The average Bonchev–Trinajstić information content (AvgIpc) is 2.54. The summed E-state index contributed by atoms with van der Waals surface area (Å²) < 4.78 is 11.0. The predicted molar refractivity (Wildman–Crippen MR) is 89.5 cm³/mol. The second-order valence-electron chi connectivity index (χ2n) is 7.03. The van der Waals surface area contributed by atoms with Crippen molar-refractivity contribution in [2.45, 2.75) is 60.7 Å². The summed E-state index contributed by atoms with van der Waals surface area (Å²) in [4.78, 5) is 24.7. The fourth-order valence-corrected chi connectivity index (χ4v) is 1.57. The maximum absolute atomic E-state index is 12.4. The Morgan fingerprint density at radius 1 is 0.870 bits per heavy atom. The molecule has 0 atom stereocenters. The minimum absolute atomic E-state index is 0.379. The number of ether oxygens (including phenoxy) is 2. The van der Waals surface area contributed by atoms with Crippen LogP contribution >= 0.6 is 0 Å². The highest BCUT2D eigenvalue weighted by molar-refractivity contribution is 5.78. The van der Waals surface area contributed by atoms with E-state index in [1.807, 2.05) is 59.7 Å². The van der Waals surface area contributed by atoms with Crippen molar-refractivity contribution >= 4 is 11.9 Å². The Balaban J connectivity index is 3.00. The standard InChI is InChI=1S/C19H28O4/c1-7-18(3,4)16(20)22-15(14-12-10-9-11-13-14)23-17(21)19(5,6)8-2/h9-13,15H,7-8H2,1-6H3. The third kappa shape index (κ3) is 5.08. The van der Waals surface area contributed by atoms with Gasteiger partial charge in [0.2, 0.25) is 0 Å². The number of hydrogen-bond acceptors (Lipinski definition) is 4. The van der Waals surface area contributed by atoms with Crippen LogP contribution in [0.4, 0.5) is 0 Å². The molecule has 0 unspecified atom stereocenters. The van der Waals surface area contributed by atoms with E-state index < -0.39 is 17.1 Å². The Morgan fingerprint density at radius 3 is 1.61 bits per heavy atom. The zero-order chi connectivity index (χ0) is 17.7. The molecule has 0 bridgehead atoms. The second-order valence-corrected chi connectivity index (χ2v) is 7.03. The van der Waals surface area contributed by atoms with Crippen molar-refractivity contribution in [1.29, 1.82) is 0 Å². The van der Waals surface area contributed by atoms with E-state index in [1.165, 1.54) is 0 Å². The first-order chi connectivity index (χ1) is 10.6. The van der Waals surface area contributed by atoms with Crippen molar-refractivity contribution in [3.63, 3.8) is 0 Å². The number of carbonyl (C=O) groups excluding carboxylic acids is 2. The number of esters is 2. The quantitative estimate of drug-likeness (QED) is 0.542. The molecule has 0 N–H and O–H groups in total. The maximum atomic E-state index is 12.4. The largest absolute Gasteiger partial charge is 0.420 e. The van der Waals surface area contributed by atoms with E-state index in [2.05, 4.69) is 0 Å². The molecule has 0 heterocycles. The van der Waals surface area contributed by atoms with Crippen LogP contribution in [0.1, 0.15) is 66.2 Å². The molecule has 0 saturated heterocycles. The molecule has 23 heavy (non-hydrogen) atoms. The minimum atomic E-state index is -1.02. The molecule has 0 saturated carbocycles. The monoisotopic (exact) mass is 320 g/mol. The molecular formula is C19H28O4. The van der Waals surface area contributed by atoms with Gasteiger partial charge in [-0.05, 0) is 40.5 Å². The number of hydrogen-bond donors (Lipinski definition) is 0. The molecule has 0 aliphatic heterocycles. The lowest BCUT2D eigenvalue weighted by molar-refractivity contribution is -0.202. The van der Waals surface area contributed by atoms with Gasteiger partial charge in [0.05, 0.1) is 10.8 Å². The van der Waals surface area contributed by atoms with Gasteiger partial charge in [-0.2, -0.15) is 0 Å². The molecule has 1 aromatic rings. The molecule has 1 aromatic carbocycles. The lowest BCUT2D eigenvalue weighted by Crippen LogP contribution is -2.32. The van der Waals surface area contributed by atoms with E-state index in [-0.39, 0.29) is 11.9 Å². The van der Waals surface area contributed by atoms with Gasteiger partial charge in [-0.15, -0.1) is 0 Å². The minimum Gasteiger partial charge on any atom is -0.420 e. The normalized spacial score (nSPS) is 12.1. The number of rotatable bonds is 7. The van der Waals surface area contributed by atoms with E-state index in [4.69, 9.17) is 9.47 Å². The second kappa shape index (κ2) is 7.62. The van der Waals surface area contributed by atoms with Crippen LogP contribution in [0.5, 0.6) is 0 Å². The molecule has 0 aliphatic carbocycles. The van der Waals surface area contributed by atoms with Crippen LogP contribution in [0.3, 0.4) is 0 Å². The van der Waals surface area contributed by atoms with Crippen LogP contribution in [-0.2, 0) is 19.1 Å². The topological polar surface area (TPSA) is 52.6 Å². The molecule has 4 heteroatoms. The van der Waals surface area contributed by atoms with Crippen molar-refractivity contribution < 1.29 is 19.1 Å². The molecular weight excluding hydrogens is 292 g/mol. The fourth-order valence-electron chi connectivity index (χ4n) is 1.57. The van der Waals surface area contributed by atoms with Crippen LogP contribution in [0, 0.1) is 10.8 Å². The summed E-state index contributed by atoms with van der Waals surface area (Å²) in [6, 6.07) is 9.06. The Kier molecular flexibility index (Phi) is 6.37. The third-order valence-electron chi connectivity index (χ3n) is 4.37. The van der Waals surface area contributed by atoms with E-state index in [1.54, 1.807) is 12.1 Å². The van der Waals surface area contributed by atoms with E-state index in [9.17, 15) is 9.59 Å². The lowest BCUT2D eigenvalue weighted by Gasteiger charge is -2.28. The average molecular weight is 320 g/mol. The molecule has 128 valence electrons. The summed E-state index contributed by atoms with van der Waals surface area (Å²) in [5.74, 6) is -0.757. The fraction of sp³-hybridized carbons (Fsp3) is 0.579. The first-order valence-electron chi connectivity index (χ1n) is 8.11. The summed E-state index contributed by atoms with van der Waals surface area (Å²) >= 11 is 0. The van der Waals surface area contributed by atoms with Gasteiger partial charge in [-0.25, -0.2) is 0 Å². The van der Waals surface area contributed by atoms with Crippen molar-refractivity contribution in [2.75, 3.05) is 0 Å². The van der Waals surface area contributed by atoms with Gasteiger partial charge in [0, 0.05) is 5.56 Å². The van der Waals surface area contributed by atoms with Gasteiger partial charge >= 0.3 is 11.9 Å². The van der Waals surface area contributed by atoms with Gasteiger partial charge in [-0.1, -0.05) is 44.2 Å². The lowest BCUT2D eigenvalue weighted by atomic mass is 9.90. The van der Waals surface area contributed by atoms with Crippen LogP contribution in [0.25, 0.3) is 0 Å². The zero-order valence-corrected chi connectivity index (χ0v) is 15.0. The highest BCUT2D eigenvalue weighted by Crippen LogP contribution is 2.30. The molecule has 0 fully saturated rings. The Labute approximate surface area is 139 Å². The summed E-state index contributed by atoms with van der Waals surface area (Å²) in [7, 11) is 0. The Bertz CT molecular complexity index is 502. The smallest absolute Gasteiger partial charge is 0.314 e. The molecule has 0 radical (unpaired) electrons. The van der Waals surface area contributed by atoms with E-state index >= 15 is 0 Å². The molecule has 0 aromatic heterocycles. The van der Waals surface area contributed by atoms with Gasteiger partial charge in [-0.3, -0.25) is 9.59 Å². The van der Waals surface area contributed by atoms with Crippen LogP contribution in [-0.4, -0.2) is 11.9 Å². The molecule has 0 amide bonds. The molecule has 1 rings (SSSR count). The predicted octanol–water partition coefficient (Wildman–Crippen LogP) is 4.64. The van der Waals surface area contributed by atoms with Gasteiger partial charge < -0.3 is 9.47 Å².